The van der Waals surface area contributed by atoms with Crippen LogP contribution in [0.1, 0.15) is 227 Å². The molecule has 0 aliphatic carbocycles. The van der Waals surface area contributed by atoms with Crippen LogP contribution in [0.25, 0.3) is 0 Å². The van der Waals surface area contributed by atoms with Gasteiger partial charge in [0.2, 0.25) is 5.91 Å². The third-order valence-electron chi connectivity index (χ3n) is 8.75. The van der Waals surface area contributed by atoms with Crippen molar-refractivity contribution in [2.45, 2.75) is 227 Å². The molecule has 0 aromatic carbocycles. The molecule has 0 atom stereocenters. The second kappa shape index (κ2) is 39.4. The number of primary amides is 1. The normalized spacial score (nSPS) is 11.0. The van der Waals surface area contributed by atoms with E-state index in [1.54, 1.807) is 0 Å². The van der Waals surface area contributed by atoms with Crippen LogP contribution in [0, 0.1) is 5.41 Å². The average Bonchev–Trinajstić information content (AvgIpc) is 3.00. The summed E-state index contributed by atoms with van der Waals surface area (Å²) in [5.41, 5.74) is 7.47. The molecule has 5 nitrogen and oxygen atoms in total. The molecule has 0 aromatic rings. The van der Waals surface area contributed by atoms with E-state index in [0.717, 1.165) is 32.2 Å². The maximum atomic E-state index is 12.0. The molecule has 0 fully saturated rings. The second-order valence-electron chi connectivity index (χ2n) is 14.0. The third kappa shape index (κ3) is 41.2. The Kier molecular flexibility index (Phi) is 42.5. The first-order valence-corrected chi connectivity index (χ1v) is 19.5. The largest absolute Gasteiger partial charge is 0.370 e. The summed E-state index contributed by atoms with van der Waals surface area (Å²) in [7, 11) is 0. The van der Waals surface area contributed by atoms with Crippen molar-refractivity contribution in [1.29, 1.82) is 0 Å². The van der Waals surface area contributed by atoms with E-state index in [2.05, 4.69) is 26.3 Å². The van der Waals surface area contributed by atoms with Gasteiger partial charge in [-0.15, -0.1) is 12.4 Å². The molecule has 0 saturated carbocycles. The highest BCUT2D eigenvalue weighted by Gasteiger charge is 2.29. The van der Waals surface area contributed by atoms with Crippen LogP contribution < -0.4 is 11.2 Å². The van der Waals surface area contributed by atoms with Gasteiger partial charge in [0.15, 0.2) is 0 Å². The molecule has 45 heavy (non-hydrogen) atoms. The number of hydrogen-bond donors (Lipinski definition) is 2. The van der Waals surface area contributed by atoms with Gasteiger partial charge in [0.05, 0.1) is 5.41 Å². The van der Waals surface area contributed by atoms with Gasteiger partial charge in [0.25, 0.3) is 0 Å². The minimum Gasteiger partial charge on any atom is -0.370 e. The number of nitrogens with one attached hydrogen (secondary N) is 1. The number of carbonyl (C=O) groups excluding carboxylic acids is 2. The summed E-state index contributed by atoms with van der Waals surface area (Å²) in [6, 6.07) is 0. The van der Waals surface area contributed by atoms with Crippen molar-refractivity contribution in [1.82, 2.24) is 5.48 Å². The van der Waals surface area contributed by atoms with Gasteiger partial charge in [0.1, 0.15) is 0 Å². The summed E-state index contributed by atoms with van der Waals surface area (Å²) >= 11 is 0. The minimum absolute atomic E-state index is 0. The molecule has 6 heteroatoms. The summed E-state index contributed by atoms with van der Waals surface area (Å²) in [5.74, 6) is -0.279. The van der Waals surface area contributed by atoms with Crippen molar-refractivity contribution in [3.8, 4) is 0 Å². The first kappa shape index (κ1) is 48.6. The van der Waals surface area contributed by atoms with Gasteiger partial charge >= 0.3 is 5.97 Å². The third-order valence-corrected chi connectivity index (χ3v) is 8.75. The van der Waals surface area contributed by atoms with Gasteiger partial charge in [-0.1, -0.05) is 188 Å². The predicted octanol–water partition coefficient (Wildman–Crippen LogP) is 12.7. The molecule has 0 saturated heterocycles. The Bertz CT molecular complexity index is 601. The van der Waals surface area contributed by atoms with Crippen LogP contribution in [0.15, 0.2) is 0 Å². The highest BCUT2D eigenvalue weighted by Crippen LogP contribution is 2.25. The Hall–Kier alpha value is -0.810. The SMILES string of the molecule is CCCCCCCCCCCCCCC(C)(C)C(=O)ONCCC.CCCCCCCCCCCCCCCCCC(N)=O.Cl. The van der Waals surface area contributed by atoms with E-state index >= 15 is 0 Å². The Morgan fingerprint density at radius 3 is 1.13 bits per heavy atom. The fraction of sp³-hybridized carbons (Fsp3) is 0.949. The molecule has 3 N–H and O–H groups in total. The summed E-state index contributed by atoms with van der Waals surface area (Å²) < 4.78 is 0. The van der Waals surface area contributed by atoms with Crippen molar-refractivity contribution >= 4 is 24.3 Å². The lowest BCUT2D eigenvalue weighted by atomic mass is 9.87. The molecule has 0 bridgehead atoms. The van der Waals surface area contributed by atoms with E-state index in [1.807, 2.05) is 13.8 Å². The molecule has 0 aliphatic rings. The van der Waals surface area contributed by atoms with Crippen molar-refractivity contribution in [3.63, 3.8) is 0 Å². The highest BCUT2D eigenvalue weighted by molar-refractivity contribution is 5.85. The number of nitrogens with two attached hydrogens (primary N) is 1. The number of hydroxylamine groups is 1. The first-order valence-electron chi connectivity index (χ1n) is 19.5. The van der Waals surface area contributed by atoms with Gasteiger partial charge in [-0.3, -0.25) is 4.79 Å². The van der Waals surface area contributed by atoms with Crippen molar-refractivity contribution in [2.75, 3.05) is 6.54 Å². The number of carbonyl (C=O) groups is 2. The smallest absolute Gasteiger partial charge is 0.330 e. The lowest BCUT2D eigenvalue weighted by molar-refractivity contribution is -0.162. The highest BCUT2D eigenvalue weighted by atomic mass is 35.5. The van der Waals surface area contributed by atoms with Crippen LogP contribution in [0.2, 0.25) is 0 Å². The molecule has 0 aromatic heterocycles. The van der Waals surface area contributed by atoms with E-state index in [9.17, 15) is 9.59 Å². The predicted molar refractivity (Wildman–Crippen MR) is 200 cm³/mol. The number of hydrogen-bond acceptors (Lipinski definition) is 4. The van der Waals surface area contributed by atoms with Gasteiger partial charge in [-0.05, 0) is 33.1 Å². The lowest BCUT2D eigenvalue weighted by Gasteiger charge is -2.22. The van der Waals surface area contributed by atoms with Crippen molar-refractivity contribution in [2.24, 2.45) is 11.1 Å². The molecule has 272 valence electrons. The maximum Gasteiger partial charge on any atom is 0.330 e. The van der Waals surface area contributed by atoms with E-state index in [-0.39, 0.29) is 29.7 Å². The van der Waals surface area contributed by atoms with Crippen molar-refractivity contribution < 1.29 is 14.4 Å². The van der Waals surface area contributed by atoms with Gasteiger partial charge in [0, 0.05) is 13.0 Å². The standard InChI is InChI=1S/C21H43NO2.C18H37NO.ClH/c1-5-7-8-9-10-11-12-13-14-15-16-17-18-21(3,4)20(23)24-22-19-6-2;1-2-3-4-5-6-7-8-9-10-11-12-13-14-15-16-17-18(19)20;/h22H,5-19H2,1-4H3;2-17H2,1H3,(H2,19,20);1H. The second-order valence-corrected chi connectivity index (χ2v) is 14.0. The van der Waals surface area contributed by atoms with E-state index in [1.165, 1.54) is 161 Å². The number of halogens is 1. The Labute approximate surface area is 288 Å². The van der Waals surface area contributed by atoms with E-state index in [0.29, 0.717) is 6.42 Å². The molecular formula is C39H81ClN2O3. The summed E-state index contributed by atoms with van der Waals surface area (Å²) in [6.07, 6.45) is 38.9. The molecule has 0 spiro atoms. The molecule has 0 heterocycles. The number of rotatable bonds is 33. The molecule has 0 aliphatic heterocycles. The van der Waals surface area contributed by atoms with Crippen LogP contribution in [-0.2, 0) is 14.4 Å². The van der Waals surface area contributed by atoms with Crippen LogP contribution in [-0.4, -0.2) is 18.4 Å². The molecule has 0 unspecified atom stereocenters. The minimum atomic E-state index is -0.376. The zero-order chi connectivity index (χ0) is 33.0. The first-order chi connectivity index (χ1) is 21.3. The Morgan fingerprint density at radius 2 is 0.822 bits per heavy atom. The van der Waals surface area contributed by atoms with E-state index in [4.69, 9.17) is 10.6 Å². The molecule has 0 rings (SSSR count). The van der Waals surface area contributed by atoms with Crippen LogP contribution in [0.3, 0.4) is 0 Å². The monoisotopic (exact) mass is 661 g/mol. The quantitative estimate of drug-likeness (QED) is 0.0542. The average molecular weight is 662 g/mol. The molecule has 0 radical (unpaired) electrons. The summed E-state index contributed by atoms with van der Waals surface area (Å²) in [4.78, 5) is 27.7. The fourth-order valence-corrected chi connectivity index (χ4v) is 5.54. The zero-order valence-corrected chi connectivity index (χ0v) is 31.9. The van der Waals surface area contributed by atoms with Gasteiger partial charge in [-0.2, -0.15) is 5.48 Å². The Balaban J connectivity index is -0.000000779. The van der Waals surface area contributed by atoms with Crippen molar-refractivity contribution in [3.05, 3.63) is 0 Å². The summed E-state index contributed by atoms with van der Waals surface area (Å²) in [6.45, 7) is 11.3. The number of amides is 1. The topological polar surface area (TPSA) is 81.4 Å². The van der Waals surface area contributed by atoms with Crippen LogP contribution in [0.4, 0.5) is 0 Å². The van der Waals surface area contributed by atoms with E-state index < -0.39 is 0 Å². The maximum absolute atomic E-state index is 12.0. The number of unbranched alkanes of at least 4 members (excludes halogenated alkanes) is 25. The molecule has 1 amide bonds. The Morgan fingerprint density at radius 1 is 0.511 bits per heavy atom. The van der Waals surface area contributed by atoms with Crippen LogP contribution in [0.5, 0.6) is 0 Å². The van der Waals surface area contributed by atoms with Gasteiger partial charge in [-0.25, -0.2) is 4.79 Å². The fourth-order valence-electron chi connectivity index (χ4n) is 5.54. The lowest BCUT2D eigenvalue weighted by Crippen LogP contribution is -2.32. The summed E-state index contributed by atoms with van der Waals surface area (Å²) in [5, 5.41) is 0. The van der Waals surface area contributed by atoms with Crippen LogP contribution >= 0.6 is 12.4 Å². The zero-order valence-electron chi connectivity index (χ0n) is 31.1. The molecular weight excluding hydrogens is 580 g/mol. The van der Waals surface area contributed by atoms with Gasteiger partial charge < -0.3 is 10.6 Å².